The Morgan fingerprint density at radius 3 is 2.48 bits per heavy atom. The molecule has 1 aromatic carbocycles. The molecule has 0 aromatic heterocycles. The molecule has 1 aliphatic rings. The summed E-state index contributed by atoms with van der Waals surface area (Å²) in [4.78, 5) is 12.5. The molecule has 0 bridgehead atoms. The fraction of sp³-hybridized carbons (Fsp3) is 0.588. The molecule has 4 heteroatoms. The highest BCUT2D eigenvalue weighted by atomic mass is 16.5. The summed E-state index contributed by atoms with van der Waals surface area (Å²) >= 11 is 0. The largest absolute Gasteiger partial charge is 0.494 e. The van der Waals surface area contributed by atoms with Crippen LogP contribution in [0.1, 0.15) is 51.1 Å². The summed E-state index contributed by atoms with van der Waals surface area (Å²) in [7, 11) is 0. The zero-order valence-electron chi connectivity index (χ0n) is 13.0. The SMILES string of the molecule is CCOc1ccc(C(C)NC(=O)C2(CN)CCCC2)cc1. The van der Waals surface area contributed by atoms with E-state index in [2.05, 4.69) is 5.32 Å². The van der Waals surface area contributed by atoms with Crippen molar-refractivity contribution in [2.24, 2.45) is 11.1 Å². The second-order valence-electron chi connectivity index (χ2n) is 5.89. The topological polar surface area (TPSA) is 64.3 Å². The summed E-state index contributed by atoms with van der Waals surface area (Å²) in [5, 5.41) is 3.12. The van der Waals surface area contributed by atoms with Crippen LogP contribution in [-0.4, -0.2) is 19.1 Å². The van der Waals surface area contributed by atoms with Gasteiger partial charge in [0.05, 0.1) is 18.1 Å². The third-order valence-corrected chi connectivity index (χ3v) is 4.47. The van der Waals surface area contributed by atoms with Crippen LogP contribution in [0.2, 0.25) is 0 Å². The zero-order valence-corrected chi connectivity index (χ0v) is 13.0. The Morgan fingerprint density at radius 1 is 1.33 bits per heavy atom. The van der Waals surface area contributed by atoms with Crippen molar-refractivity contribution in [3.05, 3.63) is 29.8 Å². The number of carbonyl (C=O) groups is 1. The second-order valence-corrected chi connectivity index (χ2v) is 5.89. The first kappa shape index (κ1) is 15.8. The first-order valence-corrected chi connectivity index (χ1v) is 7.85. The third-order valence-electron chi connectivity index (χ3n) is 4.47. The molecule has 0 saturated heterocycles. The van der Waals surface area contributed by atoms with Crippen molar-refractivity contribution in [2.75, 3.05) is 13.2 Å². The highest BCUT2D eigenvalue weighted by Gasteiger charge is 2.40. The van der Waals surface area contributed by atoms with E-state index in [1.54, 1.807) is 0 Å². The Labute approximate surface area is 127 Å². The third kappa shape index (κ3) is 3.56. The van der Waals surface area contributed by atoms with Crippen LogP contribution in [0.15, 0.2) is 24.3 Å². The van der Waals surface area contributed by atoms with E-state index in [1.807, 2.05) is 38.1 Å². The van der Waals surface area contributed by atoms with Crippen LogP contribution >= 0.6 is 0 Å². The second kappa shape index (κ2) is 6.94. The van der Waals surface area contributed by atoms with Gasteiger partial charge in [0, 0.05) is 6.54 Å². The maximum Gasteiger partial charge on any atom is 0.227 e. The predicted octanol–water partition coefficient (Wildman–Crippen LogP) is 2.78. The molecule has 0 aliphatic heterocycles. The monoisotopic (exact) mass is 290 g/mol. The fourth-order valence-corrected chi connectivity index (χ4v) is 3.03. The molecule has 1 amide bonds. The number of amides is 1. The number of ether oxygens (including phenoxy) is 1. The molecular formula is C17H26N2O2. The lowest BCUT2D eigenvalue weighted by molar-refractivity contribution is -0.131. The summed E-state index contributed by atoms with van der Waals surface area (Å²) in [5.41, 5.74) is 6.59. The van der Waals surface area contributed by atoms with E-state index in [1.165, 1.54) is 0 Å². The van der Waals surface area contributed by atoms with Gasteiger partial charge in [0.15, 0.2) is 0 Å². The lowest BCUT2D eigenvalue weighted by Crippen LogP contribution is -2.44. The smallest absolute Gasteiger partial charge is 0.227 e. The van der Waals surface area contributed by atoms with Crippen LogP contribution in [0, 0.1) is 5.41 Å². The molecule has 1 fully saturated rings. The molecule has 0 radical (unpaired) electrons. The van der Waals surface area contributed by atoms with Crippen LogP contribution in [-0.2, 0) is 4.79 Å². The van der Waals surface area contributed by atoms with Gasteiger partial charge in [0.2, 0.25) is 5.91 Å². The zero-order chi connectivity index (χ0) is 15.3. The van der Waals surface area contributed by atoms with Gasteiger partial charge in [-0.15, -0.1) is 0 Å². The maximum absolute atomic E-state index is 12.5. The summed E-state index contributed by atoms with van der Waals surface area (Å²) in [6.07, 6.45) is 4.01. The van der Waals surface area contributed by atoms with Gasteiger partial charge in [-0.3, -0.25) is 4.79 Å². The first-order chi connectivity index (χ1) is 10.1. The number of hydrogen-bond donors (Lipinski definition) is 2. The van der Waals surface area contributed by atoms with Crippen molar-refractivity contribution >= 4 is 5.91 Å². The molecule has 1 saturated carbocycles. The molecule has 116 valence electrons. The minimum atomic E-state index is -0.348. The summed E-state index contributed by atoms with van der Waals surface area (Å²) < 4.78 is 5.43. The van der Waals surface area contributed by atoms with Gasteiger partial charge < -0.3 is 15.8 Å². The molecule has 1 aromatic rings. The molecular weight excluding hydrogens is 264 g/mol. The van der Waals surface area contributed by atoms with E-state index >= 15 is 0 Å². The van der Waals surface area contributed by atoms with Crippen molar-refractivity contribution in [1.82, 2.24) is 5.32 Å². The molecule has 1 atom stereocenters. The molecule has 2 rings (SSSR count). The normalized spacial score (nSPS) is 18.2. The van der Waals surface area contributed by atoms with E-state index in [0.717, 1.165) is 37.0 Å². The van der Waals surface area contributed by atoms with Crippen molar-refractivity contribution in [2.45, 2.75) is 45.6 Å². The Balaban J connectivity index is 2.00. The molecule has 1 aliphatic carbocycles. The van der Waals surface area contributed by atoms with Crippen molar-refractivity contribution in [1.29, 1.82) is 0 Å². The van der Waals surface area contributed by atoms with Gasteiger partial charge >= 0.3 is 0 Å². The van der Waals surface area contributed by atoms with E-state index in [4.69, 9.17) is 10.5 Å². The maximum atomic E-state index is 12.5. The van der Waals surface area contributed by atoms with E-state index in [0.29, 0.717) is 13.2 Å². The highest BCUT2D eigenvalue weighted by molar-refractivity contribution is 5.83. The number of benzene rings is 1. The number of rotatable bonds is 6. The Bertz CT molecular complexity index is 464. The van der Waals surface area contributed by atoms with E-state index in [-0.39, 0.29) is 17.4 Å². The number of hydrogen-bond acceptors (Lipinski definition) is 3. The first-order valence-electron chi connectivity index (χ1n) is 7.85. The van der Waals surface area contributed by atoms with Crippen LogP contribution in [0.4, 0.5) is 0 Å². The molecule has 21 heavy (non-hydrogen) atoms. The molecule has 3 N–H and O–H groups in total. The summed E-state index contributed by atoms with van der Waals surface area (Å²) in [6, 6.07) is 7.86. The predicted molar refractivity (Wildman–Crippen MR) is 84.1 cm³/mol. The van der Waals surface area contributed by atoms with Gasteiger partial charge in [0.1, 0.15) is 5.75 Å². The van der Waals surface area contributed by atoms with Crippen molar-refractivity contribution < 1.29 is 9.53 Å². The highest BCUT2D eigenvalue weighted by Crippen LogP contribution is 2.37. The fourth-order valence-electron chi connectivity index (χ4n) is 3.03. The summed E-state index contributed by atoms with van der Waals surface area (Å²) in [5.74, 6) is 0.956. The molecule has 0 spiro atoms. The van der Waals surface area contributed by atoms with Gasteiger partial charge in [0.25, 0.3) is 0 Å². The molecule has 4 nitrogen and oxygen atoms in total. The number of nitrogens with two attached hydrogens (primary N) is 1. The van der Waals surface area contributed by atoms with Crippen LogP contribution in [0.5, 0.6) is 5.75 Å². The van der Waals surface area contributed by atoms with Crippen LogP contribution in [0.25, 0.3) is 0 Å². The van der Waals surface area contributed by atoms with Crippen LogP contribution < -0.4 is 15.8 Å². The van der Waals surface area contributed by atoms with Crippen molar-refractivity contribution in [3.8, 4) is 5.75 Å². The van der Waals surface area contributed by atoms with E-state index < -0.39 is 0 Å². The number of nitrogens with one attached hydrogen (secondary N) is 1. The van der Waals surface area contributed by atoms with Gasteiger partial charge in [-0.05, 0) is 44.4 Å². The Morgan fingerprint density at radius 2 is 1.95 bits per heavy atom. The van der Waals surface area contributed by atoms with Crippen molar-refractivity contribution in [3.63, 3.8) is 0 Å². The van der Waals surface area contributed by atoms with Gasteiger partial charge in [-0.2, -0.15) is 0 Å². The quantitative estimate of drug-likeness (QED) is 0.846. The van der Waals surface area contributed by atoms with Gasteiger partial charge in [-0.25, -0.2) is 0 Å². The average molecular weight is 290 g/mol. The molecule has 0 heterocycles. The van der Waals surface area contributed by atoms with Gasteiger partial charge in [-0.1, -0.05) is 25.0 Å². The van der Waals surface area contributed by atoms with E-state index in [9.17, 15) is 4.79 Å². The minimum absolute atomic E-state index is 0.0165. The lowest BCUT2D eigenvalue weighted by Gasteiger charge is -2.28. The summed E-state index contributed by atoms with van der Waals surface area (Å²) in [6.45, 7) is 5.07. The Hall–Kier alpha value is -1.55. The standard InChI is InChI=1S/C17H26N2O2/c1-3-21-15-8-6-14(7-9-15)13(2)19-16(20)17(12-18)10-4-5-11-17/h6-9,13H,3-5,10-12,18H2,1-2H3,(H,19,20). The lowest BCUT2D eigenvalue weighted by atomic mass is 9.85. The minimum Gasteiger partial charge on any atom is -0.494 e. The number of carbonyl (C=O) groups excluding carboxylic acids is 1. The average Bonchev–Trinajstić information content (AvgIpc) is 2.98. The van der Waals surface area contributed by atoms with Crippen LogP contribution in [0.3, 0.4) is 0 Å². The Kier molecular flexibility index (Phi) is 5.23. The molecule has 1 unspecified atom stereocenters.